The van der Waals surface area contributed by atoms with Crippen molar-refractivity contribution in [1.82, 2.24) is 0 Å². The lowest BCUT2D eigenvalue weighted by atomic mass is 10.2. The molecule has 0 aliphatic heterocycles. The summed E-state index contributed by atoms with van der Waals surface area (Å²) in [6.45, 7) is 6.36. The third kappa shape index (κ3) is 6.16. The highest BCUT2D eigenvalue weighted by atomic mass is 32.2. The first kappa shape index (κ1) is 13.6. The zero-order valence-electron chi connectivity index (χ0n) is 10.1. The maximum atomic E-state index is 9.73. The van der Waals surface area contributed by atoms with E-state index >= 15 is 0 Å². The molecule has 0 aromatic heterocycles. The molecule has 0 saturated carbocycles. The normalized spacial score (nSPS) is 13.8. The van der Waals surface area contributed by atoms with Crippen LogP contribution in [0.5, 0.6) is 0 Å². The second-order valence-corrected chi connectivity index (χ2v) is 5.79. The number of thioether (sulfide) groups is 1. The van der Waals surface area contributed by atoms with Crippen LogP contribution in [0.15, 0.2) is 35.2 Å². The van der Waals surface area contributed by atoms with Gasteiger partial charge in [-0.3, -0.25) is 0 Å². The second-order valence-electron chi connectivity index (χ2n) is 4.70. The van der Waals surface area contributed by atoms with E-state index in [1.54, 1.807) is 11.8 Å². The van der Waals surface area contributed by atoms with Gasteiger partial charge in [-0.05, 0) is 32.9 Å². The van der Waals surface area contributed by atoms with Crippen molar-refractivity contribution in [2.24, 2.45) is 0 Å². The Labute approximate surface area is 102 Å². The van der Waals surface area contributed by atoms with E-state index in [9.17, 15) is 5.11 Å². The molecule has 0 bridgehead atoms. The molecule has 16 heavy (non-hydrogen) atoms. The molecule has 0 spiro atoms. The van der Waals surface area contributed by atoms with Crippen LogP contribution in [-0.4, -0.2) is 29.2 Å². The van der Waals surface area contributed by atoms with Crippen LogP contribution in [0.1, 0.15) is 20.8 Å². The highest BCUT2D eigenvalue weighted by molar-refractivity contribution is 7.99. The Kier molecular flexibility index (Phi) is 5.32. The lowest BCUT2D eigenvalue weighted by Crippen LogP contribution is -2.27. The zero-order valence-corrected chi connectivity index (χ0v) is 11.0. The fourth-order valence-corrected chi connectivity index (χ4v) is 1.93. The Balaban J connectivity index is 2.23. The second kappa shape index (κ2) is 6.28. The first-order valence-electron chi connectivity index (χ1n) is 5.47. The van der Waals surface area contributed by atoms with Gasteiger partial charge < -0.3 is 9.84 Å². The summed E-state index contributed by atoms with van der Waals surface area (Å²) in [5.41, 5.74) is -0.182. The molecule has 0 heterocycles. The van der Waals surface area contributed by atoms with Crippen molar-refractivity contribution < 1.29 is 9.84 Å². The van der Waals surface area contributed by atoms with Crippen molar-refractivity contribution in [2.75, 3.05) is 12.4 Å². The third-order valence-electron chi connectivity index (χ3n) is 1.89. The molecule has 90 valence electrons. The number of hydrogen-bond acceptors (Lipinski definition) is 3. The van der Waals surface area contributed by atoms with Crippen molar-refractivity contribution in [2.45, 2.75) is 37.4 Å². The van der Waals surface area contributed by atoms with E-state index in [4.69, 9.17) is 4.74 Å². The summed E-state index contributed by atoms with van der Waals surface area (Å²) in [5.74, 6) is 0.667. The van der Waals surface area contributed by atoms with Crippen molar-refractivity contribution in [3.63, 3.8) is 0 Å². The zero-order chi connectivity index (χ0) is 12.0. The number of aliphatic hydroxyl groups excluding tert-OH is 1. The minimum Gasteiger partial charge on any atom is -0.390 e. The summed E-state index contributed by atoms with van der Waals surface area (Å²) in [6.07, 6.45) is -0.413. The van der Waals surface area contributed by atoms with Crippen LogP contribution >= 0.6 is 11.8 Å². The molecule has 0 fully saturated rings. The van der Waals surface area contributed by atoms with Gasteiger partial charge in [-0.25, -0.2) is 0 Å². The summed E-state index contributed by atoms with van der Waals surface area (Å²) in [7, 11) is 0. The van der Waals surface area contributed by atoms with E-state index in [2.05, 4.69) is 0 Å². The highest BCUT2D eigenvalue weighted by Crippen LogP contribution is 2.18. The summed E-state index contributed by atoms with van der Waals surface area (Å²) in [4.78, 5) is 1.18. The summed E-state index contributed by atoms with van der Waals surface area (Å²) >= 11 is 1.65. The molecule has 0 aliphatic carbocycles. The number of ether oxygens (including phenoxy) is 1. The molecule has 0 radical (unpaired) electrons. The van der Waals surface area contributed by atoms with Crippen LogP contribution in [0.4, 0.5) is 0 Å². The molecule has 1 aromatic rings. The molecule has 0 amide bonds. The Morgan fingerprint density at radius 2 is 1.88 bits per heavy atom. The Morgan fingerprint density at radius 1 is 1.25 bits per heavy atom. The molecule has 1 aromatic carbocycles. The van der Waals surface area contributed by atoms with E-state index in [-0.39, 0.29) is 5.60 Å². The van der Waals surface area contributed by atoms with Crippen molar-refractivity contribution in [3.8, 4) is 0 Å². The smallest absolute Gasteiger partial charge is 0.0867 e. The van der Waals surface area contributed by atoms with Gasteiger partial charge in [0.05, 0.1) is 18.3 Å². The molecule has 2 nitrogen and oxygen atoms in total. The van der Waals surface area contributed by atoms with Gasteiger partial charge in [0.2, 0.25) is 0 Å². The Bertz CT molecular complexity index is 293. The average Bonchev–Trinajstić information content (AvgIpc) is 2.24. The number of aliphatic hydroxyl groups is 1. The Morgan fingerprint density at radius 3 is 2.44 bits per heavy atom. The maximum absolute atomic E-state index is 9.73. The molecule has 1 unspecified atom stereocenters. The monoisotopic (exact) mass is 240 g/mol. The van der Waals surface area contributed by atoms with Crippen molar-refractivity contribution >= 4 is 11.8 Å². The minimum absolute atomic E-state index is 0.182. The van der Waals surface area contributed by atoms with Crippen LogP contribution in [0.3, 0.4) is 0 Å². The predicted octanol–water partition coefficient (Wildman–Crippen LogP) is 2.95. The largest absolute Gasteiger partial charge is 0.390 e. The lowest BCUT2D eigenvalue weighted by molar-refractivity contribution is -0.0424. The van der Waals surface area contributed by atoms with Crippen LogP contribution in [0.25, 0.3) is 0 Å². The van der Waals surface area contributed by atoms with Gasteiger partial charge >= 0.3 is 0 Å². The fourth-order valence-electron chi connectivity index (χ4n) is 1.10. The van der Waals surface area contributed by atoms with Gasteiger partial charge in [-0.2, -0.15) is 0 Å². The Hall–Kier alpha value is -0.510. The summed E-state index contributed by atoms with van der Waals surface area (Å²) in [5, 5.41) is 9.73. The fraction of sp³-hybridized carbons (Fsp3) is 0.538. The predicted molar refractivity (Wildman–Crippen MR) is 68.9 cm³/mol. The molecule has 1 atom stereocenters. The minimum atomic E-state index is -0.413. The first-order valence-corrected chi connectivity index (χ1v) is 6.46. The van der Waals surface area contributed by atoms with Crippen molar-refractivity contribution in [3.05, 3.63) is 30.3 Å². The molecule has 3 heteroatoms. The quantitative estimate of drug-likeness (QED) is 0.802. The van der Waals surface area contributed by atoms with Gasteiger partial charge in [-0.15, -0.1) is 11.8 Å². The van der Waals surface area contributed by atoms with Crippen molar-refractivity contribution in [1.29, 1.82) is 0 Å². The van der Waals surface area contributed by atoms with E-state index in [0.717, 1.165) is 0 Å². The van der Waals surface area contributed by atoms with Gasteiger partial charge in [0, 0.05) is 10.6 Å². The summed E-state index contributed by atoms with van der Waals surface area (Å²) in [6, 6.07) is 10.1. The van der Waals surface area contributed by atoms with E-state index < -0.39 is 6.10 Å². The van der Waals surface area contributed by atoms with E-state index in [0.29, 0.717) is 12.4 Å². The molecule has 0 aliphatic rings. The number of hydrogen-bond donors (Lipinski definition) is 1. The van der Waals surface area contributed by atoms with Gasteiger partial charge in [-0.1, -0.05) is 18.2 Å². The summed E-state index contributed by atoms with van der Waals surface area (Å²) < 4.78 is 5.52. The average molecular weight is 240 g/mol. The highest BCUT2D eigenvalue weighted by Gasteiger charge is 2.13. The molecule has 1 rings (SSSR count). The van der Waals surface area contributed by atoms with E-state index in [1.165, 1.54) is 4.90 Å². The van der Waals surface area contributed by atoms with Crippen LogP contribution < -0.4 is 0 Å². The first-order chi connectivity index (χ1) is 7.47. The van der Waals surface area contributed by atoms with Crippen LogP contribution in [-0.2, 0) is 4.74 Å². The van der Waals surface area contributed by atoms with Crippen LogP contribution in [0, 0.1) is 0 Å². The van der Waals surface area contributed by atoms with Gasteiger partial charge in [0.25, 0.3) is 0 Å². The van der Waals surface area contributed by atoms with Gasteiger partial charge in [0.15, 0.2) is 0 Å². The maximum Gasteiger partial charge on any atom is 0.0867 e. The molecular formula is C13H20O2S. The number of rotatable bonds is 5. The van der Waals surface area contributed by atoms with Crippen LogP contribution in [0.2, 0.25) is 0 Å². The molecular weight excluding hydrogens is 220 g/mol. The molecule has 1 N–H and O–H groups in total. The third-order valence-corrected chi connectivity index (χ3v) is 3.05. The number of benzene rings is 1. The lowest BCUT2D eigenvalue weighted by Gasteiger charge is -2.21. The molecule has 0 saturated heterocycles. The van der Waals surface area contributed by atoms with Gasteiger partial charge in [0.1, 0.15) is 0 Å². The SMILES string of the molecule is CC(C)(C)OCC(O)CSc1ccccc1. The topological polar surface area (TPSA) is 29.5 Å². The standard InChI is InChI=1S/C13H20O2S/c1-13(2,3)15-9-11(14)10-16-12-7-5-4-6-8-12/h4-8,11,14H,9-10H2,1-3H3. The van der Waals surface area contributed by atoms with E-state index in [1.807, 2.05) is 51.1 Å².